The standard InChI is InChI=1S/C15H22N2O5S/c1-2-22-15(19)11-16-23(20,21)14-5-3-12(4-6-14)17-9-7-13(18)8-10-17/h3-6,13,16,18H,2,7-11H2,1H3. The first-order valence-electron chi connectivity index (χ1n) is 7.60. The van der Waals surface area contributed by atoms with Crippen LogP contribution in [-0.2, 0) is 19.6 Å². The maximum atomic E-state index is 12.1. The highest BCUT2D eigenvalue weighted by Crippen LogP contribution is 2.21. The number of aliphatic hydroxyl groups excluding tert-OH is 1. The van der Waals surface area contributed by atoms with Gasteiger partial charge in [0.2, 0.25) is 10.0 Å². The van der Waals surface area contributed by atoms with Gasteiger partial charge in [0.15, 0.2) is 0 Å². The second-order valence-electron chi connectivity index (χ2n) is 5.34. The van der Waals surface area contributed by atoms with Crippen molar-refractivity contribution in [3.63, 3.8) is 0 Å². The molecule has 0 radical (unpaired) electrons. The molecular formula is C15H22N2O5S. The number of ether oxygens (including phenoxy) is 1. The normalized spacial score (nSPS) is 16.3. The highest BCUT2D eigenvalue weighted by molar-refractivity contribution is 7.89. The maximum Gasteiger partial charge on any atom is 0.321 e. The number of nitrogens with zero attached hydrogens (tertiary/aromatic N) is 1. The first-order chi connectivity index (χ1) is 10.9. The van der Waals surface area contributed by atoms with Gasteiger partial charge in [-0.3, -0.25) is 4.79 Å². The van der Waals surface area contributed by atoms with E-state index in [0.29, 0.717) is 12.8 Å². The molecule has 1 aromatic rings. The predicted molar refractivity (Wildman–Crippen MR) is 85.7 cm³/mol. The lowest BCUT2D eigenvalue weighted by Crippen LogP contribution is -2.35. The van der Waals surface area contributed by atoms with Gasteiger partial charge in [-0.2, -0.15) is 4.72 Å². The lowest BCUT2D eigenvalue weighted by molar-refractivity contribution is -0.141. The molecule has 2 N–H and O–H groups in total. The molecule has 7 nitrogen and oxygen atoms in total. The summed E-state index contributed by atoms with van der Waals surface area (Å²) in [5.41, 5.74) is 0.918. The average Bonchev–Trinajstić information content (AvgIpc) is 2.54. The number of anilines is 1. The lowest BCUT2D eigenvalue weighted by atomic mass is 10.1. The molecule has 0 atom stereocenters. The Hall–Kier alpha value is -1.64. The van der Waals surface area contributed by atoms with Crippen LogP contribution in [-0.4, -0.2) is 51.8 Å². The summed E-state index contributed by atoms with van der Waals surface area (Å²) in [6.07, 6.45) is 1.17. The van der Waals surface area contributed by atoms with E-state index in [1.165, 1.54) is 12.1 Å². The summed E-state index contributed by atoms with van der Waals surface area (Å²) in [5.74, 6) is -0.612. The zero-order chi connectivity index (χ0) is 16.9. The van der Waals surface area contributed by atoms with Gasteiger partial charge in [0, 0.05) is 18.8 Å². The second kappa shape index (κ2) is 7.76. The van der Waals surface area contributed by atoms with Crippen LogP contribution in [0.1, 0.15) is 19.8 Å². The zero-order valence-corrected chi connectivity index (χ0v) is 13.9. The van der Waals surface area contributed by atoms with Crippen LogP contribution >= 0.6 is 0 Å². The third-order valence-electron chi connectivity index (χ3n) is 3.69. The Morgan fingerprint density at radius 2 is 1.91 bits per heavy atom. The number of carbonyl (C=O) groups is 1. The largest absolute Gasteiger partial charge is 0.465 e. The molecule has 1 fully saturated rings. The molecule has 128 valence electrons. The minimum Gasteiger partial charge on any atom is -0.465 e. The fourth-order valence-electron chi connectivity index (χ4n) is 2.41. The van der Waals surface area contributed by atoms with Crippen LogP contribution in [0.15, 0.2) is 29.2 Å². The Balaban J connectivity index is 1.99. The Labute approximate surface area is 136 Å². The van der Waals surface area contributed by atoms with Crippen LogP contribution in [0.2, 0.25) is 0 Å². The van der Waals surface area contributed by atoms with E-state index in [-0.39, 0.29) is 24.2 Å². The van der Waals surface area contributed by atoms with E-state index in [1.54, 1.807) is 19.1 Å². The van der Waals surface area contributed by atoms with Crippen LogP contribution in [0.3, 0.4) is 0 Å². The number of esters is 1. The van der Waals surface area contributed by atoms with Crippen LogP contribution in [0, 0.1) is 0 Å². The molecule has 0 aromatic heterocycles. The molecular weight excluding hydrogens is 320 g/mol. The van der Waals surface area contributed by atoms with Crippen molar-refractivity contribution in [3.05, 3.63) is 24.3 Å². The van der Waals surface area contributed by atoms with E-state index in [0.717, 1.165) is 18.8 Å². The van der Waals surface area contributed by atoms with Crippen molar-refractivity contribution in [3.8, 4) is 0 Å². The summed E-state index contributed by atoms with van der Waals surface area (Å²) >= 11 is 0. The van der Waals surface area contributed by atoms with E-state index in [9.17, 15) is 18.3 Å². The van der Waals surface area contributed by atoms with Gasteiger partial charge < -0.3 is 14.7 Å². The molecule has 8 heteroatoms. The van der Waals surface area contributed by atoms with Crippen molar-refractivity contribution in [2.75, 3.05) is 31.1 Å². The number of aliphatic hydroxyl groups is 1. The minimum absolute atomic E-state index is 0.0996. The van der Waals surface area contributed by atoms with Crippen LogP contribution < -0.4 is 9.62 Å². The number of hydrogen-bond donors (Lipinski definition) is 2. The van der Waals surface area contributed by atoms with E-state index in [2.05, 4.69) is 14.4 Å². The monoisotopic (exact) mass is 342 g/mol. The van der Waals surface area contributed by atoms with E-state index in [1.807, 2.05) is 0 Å². The fraction of sp³-hybridized carbons (Fsp3) is 0.533. The van der Waals surface area contributed by atoms with Crippen molar-refractivity contribution in [2.24, 2.45) is 0 Å². The third kappa shape index (κ3) is 4.92. The zero-order valence-electron chi connectivity index (χ0n) is 13.1. The van der Waals surface area contributed by atoms with Crippen molar-refractivity contribution >= 4 is 21.7 Å². The molecule has 2 rings (SSSR count). The average molecular weight is 342 g/mol. The SMILES string of the molecule is CCOC(=O)CNS(=O)(=O)c1ccc(N2CCC(O)CC2)cc1. The number of nitrogens with one attached hydrogen (secondary N) is 1. The lowest BCUT2D eigenvalue weighted by Gasteiger charge is -2.31. The van der Waals surface area contributed by atoms with Gasteiger partial charge in [0.05, 0.1) is 17.6 Å². The Morgan fingerprint density at radius 3 is 2.48 bits per heavy atom. The molecule has 0 spiro atoms. The minimum atomic E-state index is -3.74. The summed E-state index contributed by atoms with van der Waals surface area (Å²) < 4.78 is 31.1. The molecule has 0 unspecified atom stereocenters. The maximum absolute atomic E-state index is 12.1. The van der Waals surface area contributed by atoms with Crippen molar-refractivity contribution in [2.45, 2.75) is 30.8 Å². The Bertz CT molecular complexity index is 622. The van der Waals surface area contributed by atoms with Crippen molar-refractivity contribution in [1.82, 2.24) is 4.72 Å². The number of piperidine rings is 1. The highest BCUT2D eigenvalue weighted by Gasteiger charge is 2.19. The molecule has 1 heterocycles. The third-order valence-corrected chi connectivity index (χ3v) is 5.11. The number of carbonyl (C=O) groups excluding carboxylic acids is 1. The van der Waals surface area contributed by atoms with Crippen LogP contribution in [0.4, 0.5) is 5.69 Å². The smallest absolute Gasteiger partial charge is 0.321 e. The van der Waals surface area contributed by atoms with Crippen LogP contribution in [0.5, 0.6) is 0 Å². The Morgan fingerprint density at radius 1 is 1.30 bits per heavy atom. The number of benzene rings is 1. The predicted octanol–water partition coefficient (Wildman–Crippen LogP) is 0.489. The van der Waals surface area contributed by atoms with Crippen molar-refractivity contribution < 1.29 is 23.1 Å². The molecule has 1 aliphatic rings. The van der Waals surface area contributed by atoms with Gasteiger partial charge in [-0.1, -0.05) is 0 Å². The van der Waals surface area contributed by atoms with Crippen molar-refractivity contribution in [1.29, 1.82) is 0 Å². The second-order valence-corrected chi connectivity index (χ2v) is 7.11. The summed E-state index contributed by atoms with van der Waals surface area (Å²) in [7, 11) is -3.74. The van der Waals surface area contributed by atoms with E-state index >= 15 is 0 Å². The number of rotatable bonds is 6. The van der Waals surface area contributed by atoms with E-state index in [4.69, 9.17) is 0 Å². The summed E-state index contributed by atoms with van der Waals surface area (Å²) in [5, 5.41) is 9.51. The molecule has 0 bridgehead atoms. The molecule has 1 aliphatic heterocycles. The summed E-state index contributed by atoms with van der Waals surface area (Å²) in [6.45, 7) is 2.97. The number of hydrogen-bond acceptors (Lipinski definition) is 6. The molecule has 1 saturated heterocycles. The van der Waals surface area contributed by atoms with Gasteiger partial charge in [-0.05, 0) is 44.0 Å². The summed E-state index contributed by atoms with van der Waals surface area (Å²) in [6, 6.07) is 6.48. The quantitative estimate of drug-likeness (QED) is 0.731. The summed E-state index contributed by atoms with van der Waals surface area (Å²) in [4.78, 5) is 13.4. The highest BCUT2D eigenvalue weighted by atomic mass is 32.2. The molecule has 0 saturated carbocycles. The molecule has 1 aromatic carbocycles. The fourth-order valence-corrected chi connectivity index (χ4v) is 3.38. The number of sulfonamides is 1. The van der Waals surface area contributed by atoms with Gasteiger partial charge in [0.25, 0.3) is 0 Å². The van der Waals surface area contributed by atoms with Gasteiger partial charge in [-0.25, -0.2) is 8.42 Å². The van der Waals surface area contributed by atoms with E-state index < -0.39 is 16.0 Å². The molecule has 0 amide bonds. The topological polar surface area (TPSA) is 95.9 Å². The Kier molecular flexibility index (Phi) is 5.97. The van der Waals surface area contributed by atoms with Crippen LogP contribution in [0.25, 0.3) is 0 Å². The van der Waals surface area contributed by atoms with Gasteiger partial charge in [0.1, 0.15) is 6.54 Å². The molecule has 0 aliphatic carbocycles. The molecule has 23 heavy (non-hydrogen) atoms. The van der Waals surface area contributed by atoms with Gasteiger partial charge >= 0.3 is 5.97 Å². The first kappa shape index (κ1) is 17.7. The first-order valence-corrected chi connectivity index (χ1v) is 9.09. The van der Waals surface area contributed by atoms with Gasteiger partial charge in [-0.15, -0.1) is 0 Å².